The molecule has 0 aromatic heterocycles. The van der Waals surface area contributed by atoms with E-state index < -0.39 is 6.04 Å². The third kappa shape index (κ3) is 6.41. The van der Waals surface area contributed by atoms with Crippen LogP contribution in [0.15, 0.2) is 96.1 Å². The average molecular weight is 399 g/mol. The van der Waals surface area contributed by atoms with E-state index in [9.17, 15) is 9.59 Å². The van der Waals surface area contributed by atoms with Crippen molar-refractivity contribution in [2.75, 3.05) is 0 Å². The van der Waals surface area contributed by atoms with Gasteiger partial charge in [-0.15, -0.1) is 0 Å². The van der Waals surface area contributed by atoms with E-state index in [2.05, 4.69) is 15.8 Å². The Morgan fingerprint density at radius 2 is 1.33 bits per heavy atom. The molecular formula is C25H25N3O2. The minimum atomic E-state index is -0.742. The van der Waals surface area contributed by atoms with Gasteiger partial charge in [0.05, 0.1) is 0 Å². The van der Waals surface area contributed by atoms with Gasteiger partial charge < -0.3 is 5.32 Å². The second-order valence-electron chi connectivity index (χ2n) is 7.07. The van der Waals surface area contributed by atoms with E-state index in [1.54, 1.807) is 24.3 Å². The molecule has 152 valence electrons. The van der Waals surface area contributed by atoms with E-state index in [-0.39, 0.29) is 11.8 Å². The van der Waals surface area contributed by atoms with Crippen molar-refractivity contribution in [1.29, 1.82) is 0 Å². The van der Waals surface area contributed by atoms with Gasteiger partial charge in [-0.25, -0.2) is 5.43 Å². The summed E-state index contributed by atoms with van der Waals surface area (Å²) in [7, 11) is 0. The normalized spacial score (nSPS) is 12.1. The molecule has 1 unspecified atom stereocenters. The Hall–Kier alpha value is -3.73. The highest BCUT2D eigenvalue weighted by molar-refractivity contribution is 5.97. The molecule has 5 heteroatoms. The van der Waals surface area contributed by atoms with Gasteiger partial charge in [0.2, 0.25) is 0 Å². The summed E-state index contributed by atoms with van der Waals surface area (Å²) in [5.41, 5.74) is 5.97. The summed E-state index contributed by atoms with van der Waals surface area (Å²) in [6.45, 7) is 1.86. The van der Waals surface area contributed by atoms with E-state index in [0.717, 1.165) is 16.8 Å². The standard InChI is InChI=1S/C25H25N3O2/c1-19(17-20-11-5-2-6-12-20)27-28-25(30)23(18-21-13-7-3-8-14-21)26-24(29)22-15-9-4-10-16-22/h2-16,23H,17-18H2,1H3,(H,26,29)(H,28,30)/b27-19+. The number of carbonyl (C=O) groups excluding carboxylic acids is 2. The highest BCUT2D eigenvalue weighted by Crippen LogP contribution is 2.06. The first kappa shape index (κ1) is 21.0. The van der Waals surface area contributed by atoms with Crippen molar-refractivity contribution in [3.05, 3.63) is 108 Å². The third-order valence-corrected chi connectivity index (χ3v) is 4.60. The molecule has 2 N–H and O–H groups in total. The summed E-state index contributed by atoms with van der Waals surface area (Å²) in [4.78, 5) is 25.4. The van der Waals surface area contributed by atoms with Crippen molar-refractivity contribution in [2.24, 2.45) is 5.10 Å². The first-order valence-electron chi connectivity index (χ1n) is 9.88. The van der Waals surface area contributed by atoms with Crippen molar-refractivity contribution in [3.8, 4) is 0 Å². The maximum absolute atomic E-state index is 12.8. The monoisotopic (exact) mass is 399 g/mol. The predicted molar refractivity (Wildman–Crippen MR) is 119 cm³/mol. The molecular weight excluding hydrogens is 374 g/mol. The molecule has 0 fully saturated rings. The van der Waals surface area contributed by atoms with Crippen LogP contribution in [0.25, 0.3) is 0 Å². The van der Waals surface area contributed by atoms with Crippen LogP contribution >= 0.6 is 0 Å². The number of nitrogens with one attached hydrogen (secondary N) is 2. The topological polar surface area (TPSA) is 70.6 Å². The molecule has 0 radical (unpaired) electrons. The van der Waals surface area contributed by atoms with Crippen LogP contribution in [-0.2, 0) is 17.6 Å². The number of nitrogens with zero attached hydrogens (tertiary/aromatic N) is 1. The Balaban J connectivity index is 1.69. The molecule has 1 atom stereocenters. The fourth-order valence-electron chi connectivity index (χ4n) is 3.05. The van der Waals surface area contributed by atoms with Gasteiger partial charge in [-0.05, 0) is 30.2 Å². The van der Waals surface area contributed by atoms with E-state index in [1.165, 1.54) is 0 Å². The zero-order chi connectivity index (χ0) is 21.2. The minimum Gasteiger partial charge on any atom is -0.340 e. The molecule has 0 aliphatic carbocycles. The van der Waals surface area contributed by atoms with Gasteiger partial charge in [0.1, 0.15) is 6.04 Å². The summed E-state index contributed by atoms with van der Waals surface area (Å²) in [6.07, 6.45) is 1.01. The Morgan fingerprint density at radius 3 is 1.93 bits per heavy atom. The second kappa shape index (κ2) is 10.7. The summed E-state index contributed by atoms with van der Waals surface area (Å²) in [5.74, 6) is -0.646. The van der Waals surface area contributed by atoms with Crippen LogP contribution in [0.1, 0.15) is 28.4 Å². The number of hydrazone groups is 1. The van der Waals surface area contributed by atoms with Gasteiger partial charge in [-0.1, -0.05) is 78.9 Å². The van der Waals surface area contributed by atoms with Crippen LogP contribution in [0, 0.1) is 0 Å². The molecule has 0 saturated carbocycles. The van der Waals surface area contributed by atoms with Gasteiger partial charge in [-0.3, -0.25) is 9.59 Å². The summed E-state index contributed by atoms with van der Waals surface area (Å²) >= 11 is 0. The number of hydrogen-bond acceptors (Lipinski definition) is 3. The maximum Gasteiger partial charge on any atom is 0.262 e. The molecule has 5 nitrogen and oxygen atoms in total. The lowest BCUT2D eigenvalue weighted by molar-refractivity contribution is -0.122. The molecule has 3 aromatic carbocycles. The fraction of sp³-hybridized carbons (Fsp3) is 0.160. The van der Waals surface area contributed by atoms with Crippen LogP contribution in [0.5, 0.6) is 0 Å². The Morgan fingerprint density at radius 1 is 0.800 bits per heavy atom. The smallest absolute Gasteiger partial charge is 0.262 e. The predicted octanol–water partition coefficient (Wildman–Crippen LogP) is 3.76. The summed E-state index contributed by atoms with van der Waals surface area (Å²) in [5, 5.41) is 7.06. The van der Waals surface area contributed by atoms with Crippen molar-refractivity contribution in [3.63, 3.8) is 0 Å². The molecule has 3 aromatic rings. The van der Waals surface area contributed by atoms with Gasteiger partial charge in [-0.2, -0.15) is 5.10 Å². The molecule has 0 spiro atoms. The lowest BCUT2D eigenvalue weighted by Crippen LogP contribution is -2.47. The quantitative estimate of drug-likeness (QED) is 0.447. The van der Waals surface area contributed by atoms with E-state index in [0.29, 0.717) is 18.4 Å². The van der Waals surface area contributed by atoms with Crippen molar-refractivity contribution in [2.45, 2.75) is 25.8 Å². The van der Waals surface area contributed by atoms with Gasteiger partial charge >= 0.3 is 0 Å². The Kier molecular flexibility index (Phi) is 7.50. The molecule has 30 heavy (non-hydrogen) atoms. The largest absolute Gasteiger partial charge is 0.340 e. The van der Waals surface area contributed by atoms with Crippen molar-refractivity contribution >= 4 is 17.5 Å². The number of hydrogen-bond donors (Lipinski definition) is 2. The Labute approximate surface area is 176 Å². The third-order valence-electron chi connectivity index (χ3n) is 4.60. The molecule has 3 rings (SSSR count). The number of benzene rings is 3. The van der Waals surface area contributed by atoms with Gasteiger partial charge in [0.15, 0.2) is 0 Å². The van der Waals surface area contributed by atoms with E-state index in [1.807, 2.05) is 73.7 Å². The summed E-state index contributed by atoms with van der Waals surface area (Å²) < 4.78 is 0. The van der Waals surface area contributed by atoms with Crippen LogP contribution < -0.4 is 10.7 Å². The van der Waals surface area contributed by atoms with E-state index in [4.69, 9.17) is 0 Å². The molecule has 0 aliphatic heterocycles. The average Bonchev–Trinajstić information content (AvgIpc) is 2.79. The molecule has 2 amide bonds. The van der Waals surface area contributed by atoms with E-state index >= 15 is 0 Å². The van der Waals surface area contributed by atoms with Crippen LogP contribution in [0.3, 0.4) is 0 Å². The lowest BCUT2D eigenvalue weighted by Gasteiger charge is -2.17. The van der Waals surface area contributed by atoms with Gasteiger partial charge in [0, 0.05) is 24.1 Å². The zero-order valence-electron chi connectivity index (χ0n) is 16.9. The maximum atomic E-state index is 12.8. The molecule has 0 heterocycles. The second-order valence-corrected chi connectivity index (χ2v) is 7.07. The molecule has 0 bridgehead atoms. The van der Waals surface area contributed by atoms with Crippen LogP contribution in [0.4, 0.5) is 0 Å². The van der Waals surface area contributed by atoms with Crippen molar-refractivity contribution in [1.82, 2.24) is 10.7 Å². The van der Waals surface area contributed by atoms with Crippen LogP contribution in [-0.4, -0.2) is 23.6 Å². The lowest BCUT2D eigenvalue weighted by atomic mass is 10.0. The SMILES string of the molecule is C/C(Cc1ccccc1)=N\NC(=O)C(Cc1ccccc1)NC(=O)c1ccccc1. The highest BCUT2D eigenvalue weighted by Gasteiger charge is 2.22. The highest BCUT2D eigenvalue weighted by atomic mass is 16.2. The van der Waals surface area contributed by atoms with Gasteiger partial charge in [0.25, 0.3) is 11.8 Å². The molecule has 0 aliphatic rings. The minimum absolute atomic E-state index is 0.295. The molecule has 0 saturated heterocycles. The van der Waals surface area contributed by atoms with Crippen molar-refractivity contribution < 1.29 is 9.59 Å². The first-order chi connectivity index (χ1) is 14.6. The van der Waals surface area contributed by atoms with Crippen LogP contribution in [0.2, 0.25) is 0 Å². The first-order valence-corrected chi connectivity index (χ1v) is 9.88. The fourth-order valence-corrected chi connectivity index (χ4v) is 3.05. The number of rotatable bonds is 8. The number of carbonyl (C=O) groups is 2. The zero-order valence-corrected chi connectivity index (χ0v) is 16.9. The summed E-state index contributed by atoms with van der Waals surface area (Å²) in [6, 6.07) is 27.6. The Bertz CT molecular complexity index is 987. The number of amides is 2.